The largest absolute Gasteiger partial charge is 0.382 e. The second-order valence-corrected chi connectivity index (χ2v) is 6.82. The second kappa shape index (κ2) is 6.29. The van der Waals surface area contributed by atoms with Gasteiger partial charge in [-0.05, 0) is 63.1 Å². The normalized spacial score (nSPS) is 21.8. The number of nitrogens with zero attached hydrogens (tertiary/aromatic N) is 1. The van der Waals surface area contributed by atoms with Gasteiger partial charge in [0.05, 0.1) is 0 Å². The highest BCUT2D eigenvalue weighted by Gasteiger charge is 2.42. The van der Waals surface area contributed by atoms with Crippen LogP contribution in [0.1, 0.15) is 44.1 Å². The maximum atomic E-state index is 12.5. The Kier molecular flexibility index (Phi) is 4.39. The summed E-state index contributed by atoms with van der Waals surface area (Å²) in [4.78, 5) is 14.3. The molecule has 1 heterocycles. The van der Waals surface area contributed by atoms with Crippen molar-refractivity contribution in [2.45, 2.75) is 57.1 Å². The first kappa shape index (κ1) is 15.3. The molecule has 0 unspecified atom stereocenters. The van der Waals surface area contributed by atoms with Crippen LogP contribution in [0.3, 0.4) is 0 Å². The number of aryl methyl sites for hydroxylation is 1. The van der Waals surface area contributed by atoms with Gasteiger partial charge in [-0.25, -0.2) is 0 Å². The number of anilines is 1. The summed E-state index contributed by atoms with van der Waals surface area (Å²) >= 11 is 0. The summed E-state index contributed by atoms with van der Waals surface area (Å²) in [5.74, 6) is -0.0426. The molecule has 2 N–H and O–H groups in total. The molecule has 4 heteroatoms. The van der Waals surface area contributed by atoms with Gasteiger partial charge < -0.3 is 15.3 Å². The Bertz CT molecular complexity index is 530. The second-order valence-electron chi connectivity index (χ2n) is 6.82. The fourth-order valence-electron chi connectivity index (χ4n) is 3.67. The number of piperidine rings is 1. The van der Waals surface area contributed by atoms with Gasteiger partial charge in [-0.3, -0.25) is 4.79 Å². The minimum absolute atomic E-state index is 0.0426. The molecule has 1 aromatic carbocycles. The standard InChI is InChI=1S/C18H26N2O2/c1-14-5-4-6-16(13-14)19-15-7-11-20(12-8-15)17(21)18(22)9-2-3-10-18/h4-6,13,15,19,22H,2-3,7-12H2,1H3. The Labute approximate surface area is 132 Å². The lowest BCUT2D eigenvalue weighted by atomic mass is 9.97. The van der Waals surface area contributed by atoms with Crippen molar-refractivity contribution in [3.63, 3.8) is 0 Å². The Balaban J connectivity index is 1.53. The molecule has 2 aliphatic rings. The molecule has 1 aromatic rings. The molecule has 0 radical (unpaired) electrons. The van der Waals surface area contributed by atoms with E-state index >= 15 is 0 Å². The number of rotatable bonds is 3. The van der Waals surface area contributed by atoms with E-state index in [0.717, 1.165) is 44.5 Å². The molecular weight excluding hydrogens is 276 g/mol. The van der Waals surface area contributed by atoms with Crippen LogP contribution in [0.25, 0.3) is 0 Å². The molecule has 2 fully saturated rings. The smallest absolute Gasteiger partial charge is 0.254 e. The molecule has 1 saturated carbocycles. The summed E-state index contributed by atoms with van der Waals surface area (Å²) in [7, 11) is 0. The van der Waals surface area contributed by atoms with Gasteiger partial charge in [0.2, 0.25) is 0 Å². The average Bonchev–Trinajstić information content (AvgIpc) is 2.95. The topological polar surface area (TPSA) is 52.6 Å². The van der Waals surface area contributed by atoms with E-state index in [1.54, 1.807) is 0 Å². The van der Waals surface area contributed by atoms with Gasteiger partial charge in [-0.15, -0.1) is 0 Å². The third-order valence-corrected chi connectivity index (χ3v) is 5.00. The van der Waals surface area contributed by atoms with Crippen LogP contribution in [-0.4, -0.2) is 40.6 Å². The highest BCUT2D eigenvalue weighted by molar-refractivity contribution is 5.85. The number of benzene rings is 1. The van der Waals surface area contributed by atoms with E-state index in [1.165, 1.54) is 5.56 Å². The van der Waals surface area contributed by atoms with Gasteiger partial charge >= 0.3 is 0 Å². The lowest BCUT2D eigenvalue weighted by Gasteiger charge is -2.36. The van der Waals surface area contributed by atoms with Gasteiger partial charge in [0.15, 0.2) is 0 Å². The van der Waals surface area contributed by atoms with Crippen molar-refractivity contribution in [3.05, 3.63) is 29.8 Å². The molecule has 1 aliphatic heterocycles. The number of amides is 1. The number of hydrogen-bond acceptors (Lipinski definition) is 3. The van der Waals surface area contributed by atoms with E-state index in [9.17, 15) is 9.90 Å². The number of hydrogen-bond donors (Lipinski definition) is 2. The van der Waals surface area contributed by atoms with Gasteiger partial charge in [-0.1, -0.05) is 12.1 Å². The Morgan fingerprint density at radius 1 is 1.27 bits per heavy atom. The van der Waals surface area contributed by atoms with Crippen molar-refractivity contribution in [1.82, 2.24) is 4.90 Å². The lowest BCUT2D eigenvalue weighted by Crippen LogP contribution is -2.51. The first-order valence-electron chi connectivity index (χ1n) is 8.42. The van der Waals surface area contributed by atoms with Crippen molar-refractivity contribution in [2.75, 3.05) is 18.4 Å². The van der Waals surface area contributed by atoms with Crippen LogP contribution in [0, 0.1) is 6.92 Å². The molecule has 0 atom stereocenters. The minimum atomic E-state index is -1.07. The number of carbonyl (C=O) groups is 1. The van der Waals surface area contributed by atoms with Crippen LogP contribution in [0.4, 0.5) is 5.69 Å². The summed E-state index contributed by atoms with van der Waals surface area (Å²) < 4.78 is 0. The molecular formula is C18H26N2O2. The van der Waals surface area contributed by atoms with Crippen molar-refractivity contribution >= 4 is 11.6 Å². The minimum Gasteiger partial charge on any atom is -0.382 e. The zero-order valence-corrected chi connectivity index (χ0v) is 13.3. The molecule has 1 saturated heterocycles. The molecule has 0 bridgehead atoms. The first-order valence-corrected chi connectivity index (χ1v) is 8.42. The Hall–Kier alpha value is -1.55. The van der Waals surface area contributed by atoms with Crippen LogP contribution in [0.2, 0.25) is 0 Å². The van der Waals surface area contributed by atoms with Crippen LogP contribution in [-0.2, 0) is 4.79 Å². The summed E-state index contributed by atoms with van der Waals surface area (Å²) in [6, 6.07) is 8.80. The highest BCUT2D eigenvalue weighted by Crippen LogP contribution is 2.32. The van der Waals surface area contributed by atoms with Crippen molar-refractivity contribution < 1.29 is 9.90 Å². The van der Waals surface area contributed by atoms with Gasteiger partial charge in [-0.2, -0.15) is 0 Å². The van der Waals surface area contributed by atoms with Gasteiger partial charge in [0.1, 0.15) is 5.60 Å². The summed E-state index contributed by atoms with van der Waals surface area (Å²) in [6.07, 6.45) is 5.08. The molecule has 0 spiro atoms. The van der Waals surface area contributed by atoms with Crippen molar-refractivity contribution in [3.8, 4) is 0 Å². The molecule has 22 heavy (non-hydrogen) atoms. The van der Waals surface area contributed by atoms with E-state index in [4.69, 9.17) is 0 Å². The van der Waals surface area contributed by atoms with Crippen LogP contribution >= 0.6 is 0 Å². The van der Waals surface area contributed by atoms with Crippen molar-refractivity contribution in [2.24, 2.45) is 0 Å². The molecule has 1 amide bonds. The molecule has 3 rings (SSSR count). The predicted octanol–water partition coefficient (Wildman–Crippen LogP) is 2.70. The number of nitrogens with one attached hydrogen (secondary N) is 1. The number of aliphatic hydroxyl groups is 1. The SMILES string of the molecule is Cc1cccc(NC2CCN(C(=O)C3(O)CCCC3)CC2)c1. The first-order chi connectivity index (χ1) is 10.6. The van der Waals surface area contributed by atoms with E-state index < -0.39 is 5.60 Å². The average molecular weight is 302 g/mol. The predicted molar refractivity (Wildman–Crippen MR) is 87.8 cm³/mol. The number of likely N-dealkylation sites (tertiary alicyclic amines) is 1. The zero-order valence-electron chi connectivity index (χ0n) is 13.3. The molecule has 1 aliphatic carbocycles. The summed E-state index contributed by atoms with van der Waals surface area (Å²) in [5.41, 5.74) is 1.33. The number of carbonyl (C=O) groups excluding carboxylic acids is 1. The van der Waals surface area contributed by atoms with E-state index in [-0.39, 0.29) is 5.91 Å². The monoisotopic (exact) mass is 302 g/mol. The lowest BCUT2D eigenvalue weighted by molar-refractivity contribution is -0.151. The summed E-state index contributed by atoms with van der Waals surface area (Å²) in [5, 5.41) is 14.0. The van der Waals surface area contributed by atoms with Gasteiger partial charge in [0, 0.05) is 24.8 Å². The highest BCUT2D eigenvalue weighted by atomic mass is 16.3. The maximum absolute atomic E-state index is 12.5. The van der Waals surface area contributed by atoms with Crippen LogP contribution in [0.15, 0.2) is 24.3 Å². The van der Waals surface area contributed by atoms with Gasteiger partial charge in [0.25, 0.3) is 5.91 Å². The molecule has 0 aromatic heterocycles. The quantitative estimate of drug-likeness (QED) is 0.902. The van der Waals surface area contributed by atoms with Crippen molar-refractivity contribution in [1.29, 1.82) is 0 Å². The van der Waals surface area contributed by atoms with E-state index in [1.807, 2.05) is 4.90 Å². The zero-order chi connectivity index (χ0) is 15.6. The van der Waals surface area contributed by atoms with Crippen LogP contribution in [0.5, 0.6) is 0 Å². The Morgan fingerprint density at radius 3 is 2.59 bits per heavy atom. The van der Waals surface area contributed by atoms with Crippen LogP contribution < -0.4 is 5.32 Å². The summed E-state index contributed by atoms with van der Waals surface area (Å²) in [6.45, 7) is 3.57. The maximum Gasteiger partial charge on any atom is 0.254 e. The Morgan fingerprint density at radius 2 is 1.95 bits per heavy atom. The van der Waals surface area contributed by atoms with E-state index in [0.29, 0.717) is 18.9 Å². The fourth-order valence-corrected chi connectivity index (χ4v) is 3.67. The van der Waals surface area contributed by atoms with E-state index in [2.05, 4.69) is 36.5 Å². The fraction of sp³-hybridized carbons (Fsp3) is 0.611. The molecule has 4 nitrogen and oxygen atoms in total. The molecule has 120 valence electrons. The third-order valence-electron chi connectivity index (χ3n) is 5.00. The third kappa shape index (κ3) is 3.27.